The average Bonchev–Trinajstić information content (AvgIpc) is 3.74. The fraction of sp³-hybridized carbons (Fsp3) is 0. The Kier molecular flexibility index (Phi) is 5.03. The molecule has 0 aliphatic heterocycles. The van der Waals surface area contributed by atoms with E-state index >= 15 is 0 Å². The highest BCUT2D eigenvalue weighted by molar-refractivity contribution is 7.25. The van der Waals surface area contributed by atoms with Gasteiger partial charge < -0.3 is 13.7 Å². The first kappa shape index (κ1) is 23.3. The van der Waals surface area contributed by atoms with Crippen molar-refractivity contribution < 1.29 is 8.83 Å². The van der Waals surface area contributed by atoms with Crippen LogP contribution < -0.4 is 4.90 Å². The van der Waals surface area contributed by atoms with Gasteiger partial charge in [0.2, 0.25) is 5.89 Å². The van der Waals surface area contributed by atoms with Crippen LogP contribution in [0.1, 0.15) is 0 Å². The van der Waals surface area contributed by atoms with Crippen LogP contribution in [0.5, 0.6) is 0 Å². The summed E-state index contributed by atoms with van der Waals surface area (Å²) in [6, 6.07) is 46.2. The van der Waals surface area contributed by atoms with Crippen molar-refractivity contribution in [2.45, 2.75) is 0 Å². The highest BCUT2D eigenvalue weighted by atomic mass is 32.1. The largest absolute Gasteiger partial charge is 0.456 e. The fourth-order valence-corrected chi connectivity index (χ4v) is 7.14. The smallest absolute Gasteiger partial charge is 0.228 e. The van der Waals surface area contributed by atoms with Crippen LogP contribution in [0.2, 0.25) is 0 Å². The molecule has 0 aliphatic carbocycles. The number of hydrogen-bond acceptors (Lipinski definition) is 5. The van der Waals surface area contributed by atoms with Gasteiger partial charge >= 0.3 is 0 Å². The number of aromatic nitrogens is 1. The SMILES string of the molecule is c1ccc(N(c2ccc3c(c2)oc2cccc(-c4nc5ccccc5o4)c23)c2ccc3c(c2)sc2ccccc23)cc1. The van der Waals surface area contributed by atoms with Crippen molar-refractivity contribution in [3.63, 3.8) is 0 Å². The van der Waals surface area contributed by atoms with Gasteiger partial charge in [0.05, 0.1) is 0 Å². The molecule has 9 aromatic rings. The Morgan fingerprint density at radius 3 is 2.14 bits per heavy atom. The molecule has 0 saturated heterocycles. The number of anilines is 3. The van der Waals surface area contributed by atoms with Crippen LogP contribution in [0.4, 0.5) is 17.1 Å². The number of rotatable bonds is 4. The summed E-state index contributed by atoms with van der Waals surface area (Å²) in [6.45, 7) is 0. The van der Waals surface area contributed by atoms with Crippen LogP contribution in [0.15, 0.2) is 142 Å². The third-order valence-electron chi connectivity index (χ3n) is 7.90. The highest BCUT2D eigenvalue weighted by Crippen LogP contribution is 2.43. The fourth-order valence-electron chi connectivity index (χ4n) is 6.00. The van der Waals surface area contributed by atoms with Crippen LogP contribution in [0.3, 0.4) is 0 Å². The van der Waals surface area contributed by atoms with E-state index in [0.717, 1.165) is 55.7 Å². The number of nitrogens with zero attached hydrogens (tertiary/aromatic N) is 2. The lowest BCUT2D eigenvalue weighted by atomic mass is 10.1. The number of fused-ring (bicyclic) bond motifs is 7. The van der Waals surface area contributed by atoms with E-state index < -0.39 is 0 Å². The minimum atomic E-state index is 0.594. The number of para-hydroxylation sites is 3. The van der Waals surface area contributed by atoms with Gasteiger partial charge in [-0.1, -0.05) is 60.7 Å². The lowest BCUT2D eigenvalue weighted by Gasteiger charge is -2.25. The lowest BCUT2D eigenvalue weighted by Crippen LogP contribution is -2.09. The normalized spacial score (nSPS) is 11.8. The second-order valence-electron chi connectivity index (χ2n) is 10.4. The Morgan fingerprint density at radius 2 is 1.24 bits per heavy atom. The van der Waals surface area contributed by atoms with Gasteiger partial charge in [0.1, 0.15) is 16.7 Å². The van der Waals surface area contributed by atoms with Gasteiger partial charge in [-0.25, -0.2) is 4.98 Å². The van der Waals surface area contributed by atoms with E-state index in [9.17, 15) is 0 Å². The summed E-state index contributed by atoms with van der Waals surface area (Å²) in [5, 5.41) is 4.61. The van der Waals surface area contributed by atoms with E-state index in [1.807, 2.05) is 59.9 Å². The Morgan fingerprint density at radius 1 is 0.500 bits per heavy atom. The van der Waals surface area contributed by atoms with Crippen LogP contribution >= 0.6 is 11.3 Å². The molecule has 198 valence electrons. The first-order valence-electron chi connectivity index (χ1n) is 13.9. The van der Waals surface area contributed by atoms with Gasteiger partial charge in [0.15, 0.2) is 5.58 Å². The van der Waals surface area contributed by atoms with Gasteiger partial charge in [0, 0.05) is 59.6 Å². The van der Waals surface area contributed by atoms with Gasteiger partial charge in [-0.2, -0.15) is 0 Å². The van der Waals surface area contributed by atoms with Crippen molar-refractivity contribution in [2.24, 2.45) is 0 Å². The van der Waals surface area contributed by atoms with E-state index in [0.29, 0.717) is 5.89 Å². The molecule has 0 aliphatic rings. The minimum Gasteiger partial charge on any atom is -0.456 e. The predicted octanol–water partition coefficient (Wildman–Crippen LogP) is 11.2. The number of furan rings is 1. The van der Waals surface area contributed by atoms with E-state index in [1.54, 1.807) is 0 Å². The molecule has 3 heterocycles. The van der Waals surface area contributed by atoms with E-state index in [2.05, 4.69) is 89.8 Å². The molecule has 42 heavy (non-hydrogen) atoms. The zero-order chi connectivity index (χ0) is 27.6. The number of benzene rings is 6. The highest BCUT2D eigenvalue weighted by Gasteiger charge is 2.19. The molecule has 4 nitrogen and oxygen atoms in total. The maximum Gasteiger partial charge on any atom is 0.228 e. The molecule has 6 aromatic carbocycles. The van der Waals surface area contributed by atoms with Gasteiger partial charge in [-0.3, -0.25) is 0 Å². The lowest BCUT2D eigenvalue weighted by molar-refractivity contribution is 0.620. The van der Waals surface area contributed by atoms with E-state index in [-0.39, 0.29) is 0 Å². The Bertz CT molecular complexity index is 2400. The van der Waals surface area contributed by atoms with E-state index in [1.165, 1.54) is 20.2 Å². The molecule has 3 aromatic heterocycles. The van der Waals surface area contributed by atoms with Crippen LogP contribution in [-0.4, -0.2) is 4.98 Å². The molecule has 9 rings (SSSR count). The maximum absolute atomic E-state index is 6.47. The van der Waals surface area contributed by atoms with Crippen molar-refractivity contribution in [3.05, 3.63) is 133 Å². The summed E-state index contributed by atoms with van der Waals surface area (Å²) < 4.78 is 15.2. The molecule has 0 N–H and O–H groups in total. The molecule has 0 amide bonds. The van der Waals surface area contributed by atoms with Crippen molar-refractivity contribution in [3.8, 4) is 11.5 Å². The Balaban J connectivity index is 1.22. The summed E-state index contributed by atoms with van der Waals surface area (Å²) in [7, 11) is 0. The van der Waals surface area contributed by atoms with Crippen LogP contribution in [0.25, 0.3) is 64.7 Å². The molecule has 5 heteroatoms. The maximum atomic E-state index is 6.47. The van der Waals surface area contributed by atoms with Gasteiger partial charge in [0.25, 0.3) is 0 Å². The first-order valence-corrected chi connectivity index (χ1v) is 14.7. The van der Waals surface area contributed by atoms with Crippen molar-refractivity contribution in [1.82, 2.24) is 4.98 Å². The monoisotopic (exact) mass is 558 g/mol. The van der Waals surface area contributed by atoms with E-state index in [4.69, 9.17) is 13.8 Å². The quantitative estimate of drug-likeness (QED) is 0.215. The molecule has 0 fully saturated rings. The zero-order valence-corrected chi connectivity index (χ0v) is 23.1. The van der Waals surface area contributed by atoms with Crippen LogP contribution in [-0.2, 0) is 0 Å². The summed E-state index contributed by atoms with van der Waals surface area (Å²) in [4.78, 5) is 7.06. The third kappa shape index (κ3) is 3.57. The van der Waals surface area contributed by atoms with Crippen molar-refractivity contribution in [1.29, 1.82) is 0 Å². The number of thiophene rings is 1. The molecule has 0 spiro atoms. The summed E-state index contributed by atoms with van der Waals surface area (Å²) >= 11 is 1.83. The molecule has 0 saturated carbocycles. The topological polar surface area (TPSA) is 42.4 Å². The average molecular weight is 559 g/mol. The zero-order valence-electron chi connectivity index (χ0n) is 22.3. The minimum absolute atomic E-state index is 0.594. The van der Waals surface area contributed by atoms with Crippen molar-refractivity contribution >= 4 is 81.6 Å². The number of oxazole rings is 1. The second kappa shape index (κ2) is 9.06. The summed E-state index contributed by atoms with van der Waals surface area (Å²) in [5.74, 6) is 0.594. The molecule has 0 bridgehead atoms. The van der Waals surface area contributed by atoms with Crippen molar-refractivity contribution in [2.75, 3.05) is 4.90 Å². The standard InChI is InChI=1S/C37H22N2O2S/c1-2-9-23(10-3-1)39(25-17-19-27-26-11-4-7-16-34(26)42-35(27)22-25)24-18-20-28-33(21-24)40-32-15-8-12-29(36(28)32)37-38-30-13-5-6-14-31(30)41-37/h1-22H. The molecular formula is C37H22N2O2S. The Labute approximate surface area is 244 Å². The van der Waals surface area contributed by atoms with Crippen LogP contribution in [0, 0.1) is 0 Å². The Hall–Kier alpha value is -5.39. The molecular weight excluding hydrogens is 536 g/mol. The predicted molar refractivity (Wildman–Crippen MR) is 174 cm³/mol. The summed E-state index contributed by atoms with van der Waals surface area (Å²) in [5.41, 5.74) is 7.36. The second-order valence-corrected chi connectivity index (χ2v) is 11.5. The molecule has 0 unspecified atom stereocenters. The molecule has 0 atom stereocenters. The number of hydrogen-bond donors (Lipinski definition) is 0. The van der Waals surface area contributed by atoms with Gasteiger partial charge in [-0.15, -0.1) is 11.3 Å². The molecule has 0 radical (unpaired) electrons. The van der Waals surface area contributed by atoms with Gasteiger partial charge in [-0.05, 0) is 66.7 Å². The summed E-state index contributed by atoms with van der Waals surface area (Å²) in [6.07, 6.45) is 0. The first-order chi connectivity index (χ1) is 20.8. The third-order valence-corrected chi connectivity index (χ3v) is 9.03.